The summed E-state index contributed by atoms with van der Waals surface area (Å²) >= 11 is 1.70. The third-order valence-corrected chi connectivity index (χ3v) is 7.62. The summed E-state index contributed by atoms with van der Waals surface area (Å²) in [4.78, 5) is 14.6. The Bertz CT molecular complexity index is 669. The van der Waals surface area contributed by atoms with Gasteiger partial charge in [-0.25, -0.2) is 0 Å². The summed E-state index contributed by atoms with van der Waals surface area (Å²) in [7, 11) is 4.25. The SMILES string of the molecule is CC(c1ccc(C2CCCC3NC(=O)C4SC=CC4C32)cc1)N(C)C. The molecule has 0 spiro atoms. The maximum atomic E-state index is 12.4. The van der Waals surface area contributed by atoms with E-state index in [4.69, 9.17) is 0 Å². The van der Waals surface area contributed by atoms with Crippen molar-refractivity contribution in [1.29, 1.82) is 0 Å². The predicted octanol–water partition coefficient (Wildman–Crippen LogP) is 3.94. The van der Waals surface area contributed by atoms with E-state index < -0.39 is 0 Å². The summed E-state index contributed by atoms with van der Waals surface area (Å²) < 4.78 is 0. The van der Waals surface area contributed by atoms with Gasteiger partial charge in [-0.2, -0.15) is 0 Å². The summed E-state index contributed by atoms with van der Waals surface area (Å²) in [6.45, 7) is 2.24. The Morgan fingerprint density at radius 1 is 1.20 bits per heavy atom. The van der Waals surface area contributed by atoms with Gasteiger partial charge in [0.1, 0.15) is 0 Å². The van der Waals surface area contributed by atoms with Gasteiger partial charge in [-0.1, -0.05) is 36.8 Å². The van der Waals surface area contributed by atoms with E-state index in [0.717, 1.165) is 6.42 Å². The largest absolute Gasteiger partial charge is 0.352 e. The van der Waals surface area contributed by atoms with E-state index in [1.165, 1.54) is 24.0 Å². The Labute approximate surface area is 155 Å². The number of carbonyl (C=O) groups excluding carboxylic acids is 1. The maximum absolute atomic E-state index is 12.4. The second kappa shape index (κ2) is 6.81. The van der Waals surface area contributed by atoms with Gasteiger partial charge in [0.25, 0.3) is 0 Å². The van der Waals surface area contributed by atoms with Crippen LogP contribution in [0.5, 0.6) is 0 Å². The first-order valence-electron chi connectivity index (χ1n) is 9.45. The number of piperidine rings is 1. The molecule has 3 nitrogen and oxygen atoms in total. The molecule has 6 atom stereocenters. The Hall–Kier alpha value is -1.26. The normalized spacial score (nSPS) is 35.2. The van der Waals surface area contributed by atoms with Gasteiger partial charge in [0.2, 0.25) is 5.91 Å². The predicted molar refractivity (Wildman–Crippen MR) is 105 cm³/mol. The first-order valence-corrected chi connectivity index (χ1v) is 10.4. The minimum atomic E-state index is 0.0925. The highest BCUT2D eigenvalue weighted by Crippen LogP contribution is 2.50. The highest BCUT2D eigenvalue weighted by molar-refractivity contribution is 8.03. The molecule has 2 heterocycles. The van der Waals surface area contributed by atoms with Crippen molar-refractivity contribution in [2.75, 3.05) is 14.1 Å². The number of nitrogens with zero attached hydrogens (tertiary/aromatic N) is 1. The van der Waals surface area contributed by atoms with Crippen LogP contribution in [-0.4, -0.2) is 36.2 Å². The lowest BCUT2D eigenvalue weighted by molar-refractivity contribution is -0.125. The molecule has 4 rings (SSSR count). The lowest BCUT2D eigenvalue weighted by Crippen LogP contribution is -2.57. The fourth-order valence-electron chi connectivity index (χ4n) is 4.88. The maximum Gasteiger partial charge on any atom is 0.234 e. The number of rotatable bonds is 3. The van der Waals surface area contributed by atoms with Crippen molar-refractivity contribution < 1.29 is 4.79 Å². The molecule has 4 heteroatoms. The molecule has 1 aromatic rings. The van der Waals surface area contributed by atoms with Gasteiger partial charge in [0.15, 0.2) is 0 Å². The van der Waals surface area contributed by atoms with Crippen LogP contribution in [0.2, 0.25) is 0 Å². The Kier molecular flexibility index (Phi) is 4.67. The van der Waals surface area contributed by atoms with Crippen LogP contribution in [0.25, 0.3) is 0 Å². The summed E-state index contributed by atoms with van der Waals surface area (Å²) in [5.41, 5.74) is 2.82. The molecule has 2 aliphatic heterocycles. The minimum Gasteiger partial charge on any atom is -0.352 e. The number of thioether (sulfide) groups is 1. The van der Waals surface area contributed by atoms with Crippen LogP contribution in [0.15, 0.2) is 35.7 Å². The lowest BCUT2D eigenvalue weighted by Gasteiger charge is -2.47. The average Bonchev–Trinajstić information content (AvgIpc) is 3.11. The van der Waals surface area contributed by atoms with Crippen molar-refractivity contribution in [3.8, 4) is 0 Å². The molecule has 1 N–H and O–H groups in total. The number of hydrogen-bond acceptors (Lipinski definition) is 3. The van der Waals surface area contributed by atoms with Crippen LogP contribution >= 0.6 is 11.8 Å². The fraction of sp³-hybridized carbons (Fsp3) is 0.571. The smallest absolute Gasteiger partial charge is 0.234 e. The summed E-state index contributed by atoms with van der Waals surface area (Å²) in [5, 5.41) is 5.56. The van der Waals surface area contributed by atoms with Crippen LogP contribution in [0, 0.1) is 11.8 Å². The van der Waals surface area contributed by atoms with Crippen LogP contribution in [0.1, 0.15) is 49.3 Å². The third kappa shape index (κ3) is 3.04. The molecule has 1 saturated carbocycles. The van der Waals surface area contributed by atoms with Crippen molar-refractivity contribution in [2.24, 2.45) is 11.8 Å². The van der Waals surface area contributed by atoms with Crippen molar-refractivity contribution in [2.45, 2.75) is 49.4 Å². The molecule has 1 saturated heterocycles. The summed E-state index contributed by atoms with van der Waals surface area (Å²) in [6, 6.07) is 10.0. The number of fused-ring (bicyclic) bond motifs is 3. The Morgan fingerprint density at radius 2 is 1.96 bits per heavy atom. The zero-order valence-corrected chi connectivity index (χ0v) is 16.1. The molecule has 6 unspecified atom stereocenters. The van der Waals surface area contributed by atoms with Crippen LogP contribution in [-0.2, 0) is 4.79 Å². The lowest BCUT2D eigenvalue weighted by atomic mass is 9.64. The molecule has 1 amide bonds. The number of amides is 1. The first-order chi connectivity index (χ1) is 12.1. The molecule has 1 aliphatic carbocycles. The van der Waals surface area contributed by atoms with Gasteiger partial charge in [0.05, 0.1) is 5.25 Å². The molecule has 0 radical (unpaired) electrons. The van der Waals surface area contributed by atoms with E-state index in [0.29, 0.717) is 29.8 Å². The molecule has 134 valence electrons. The number of hydrogen-bond donors (Lipinski definition) is 1. The van der Waals surface area contributed by atoms with E-state index >= 15 is 0 Å². The number of nitrogens with one attached hydrogen (secondary N) is 1. The van der Waals surface area contributed by atoms with Gasteiger partial charge in [-0.3, -0.25) is 4.79 Å². The number of allylic oxidation sites excluding steroid dienone is 1. The zero-order chi connectivity index (χ0) is 17.6. The molecule has 25 heavy (non-hydrogen) atoms. The number of carbonyl (C=O) groups is 1. The van der Waals surface area contributed by atoms with E-state index in [-0.39, 0.29) is 11.2 Å². The van der Waals surface area contributed by atoms with E-state index in [2.05, 4.69) is 67.0 Å². The molecule has 0 aromatic heterocycles. The second-order valence-corrected chi connectivity index (χ2v) is 9.05. The van der Waals surface area contributed by atoms with Gasteiger partial charge >= 0.3 is 0 Å². The van der Waals surface area contributed by atoms with Gasteiger partial charge < -0.3 is 10.2 Å². The van der Waals surface area contributed by atoms with Crippen molar-refractivity contribution in [3.63, 3.8) is 0 Å². The molecule has 0 bridgehead atoms. The third-order valence-electron chi connectivity index (χ3n) is 6.49. The molecule has 3 aliphatic rings. The van der Waals surface area contributed by atoms with Gasteiger partial charge in [-0.15, -0.1) is 11.8 Å². The fourth-order valence-corrected chi connectivity index (χ4v) is 5.97. The highest BCUT2D eigenvalue weighted by atomic mass is 32.2. The average molecular weight is 357 g/mol. The van der Waals surface area contributed by atoms with Gasteiger partial charge in [-0.05, 0) is 62.2 Å². The highest BCUT2D eigenvalue weighted by Gasteiger charge is 2.49. The van der Waals surface area contributed by atoms with E-state index in [1.807, 2.05) is 0 Å². The standard InChI is InChI=1S/C21H28N2OS/c1-13(23(2)3)14-7-9-15(10-8-14)16-5-4-6-18-19(16)17-11-12-25-20(17)21(24)22-18/h7-13,16-20H,4-6H2,1-3H3,(H,22,24). The summed E-state index contributed by atoms with van der Waals surface area (Å²) in [5.74, 6) is 1.74. The molecule has 2 fully saturated rings. The van der Waals surface area contributed by atoms with Crippen LogP contribution < -0.4 is 5.32 Å². The molecule has 1 aromatic carbocycles. The summed E-state index contributed by atoms with van der Waals surface area (Å²) in [6.07, 6.45) is 5.87. The molecular formula is C21H28N2OS. The Morgan fingerprint density at radius 3 is 2.68 bits per heavy atom. The van der Waals surface area contributed by atoms with E-state index in [1.54, 1.807) is 11.8 Å². The van der Waals surface area contributed by atoms with Crippen LogP contribution in [0.4, 0.5) is 0 Å². The zero-order valence-electron chi connectivity index (χ0n) is 15.3. The van der Waals surface area contributed by atoms with Crippen molar-refractivity contribution in [1.82, 2.24) is 10.2 Å². The van der Waals surface area contributed by atoms with Crippen LogP contribution in [0.3, 0.4) is 0 Å². The van der Waals surface area contributed by atoms with Gasteiger partial charge in [0, 0.05) is 18.0 Å². The van der Waals surface area contributed by atoms with Crippen molar-refractivity contribution >= 4 is 17.7 Å². The quantitative estimate of drug-likeness (QED) is 0.890. The second-order valence-electron chi connectivity index (χ2n) is 8.00. The topological polar surface area (TPSA) is 32.3 Å². The van der Waals surface area contributed by atoms with Crippen molar-refractivity contribution in [3.05, 3.63) is 46.9 Å². The Balaban J connectivity index is 1.61. The van der Waals surface area contributed by atoms with E-state index in [9.17, 15) is 4.79 Å². The monoisotopic (exact) mass is 356 g/mol. The first kappa shape index (κ1) is 17.2. The molecular weight excluding hydrogens is 328 g/mol. The minimum absolute atomic E-state index is 0.0925. The number of benzene rings is 1.